The second-order valence-corrected chi connectivity index (χ2v) is 10.8. The predicted molar refractivity (Wildman–Crippen MR) is 138 cm³/mol. The fourth-order valence-corrected chi connectivity index (χ4v) is 5.81. The van der Waals surface area contributed by atoms with Crippen LogP contribution < -0.4 is 10.0 Å². The largest absolute Gasteiger partial charge is 0.346 e. The lowest BCUT2D eigenvalue weighted by atomic mass is 9.93. The molecule has 1 aliphatic heterocycles. The van der Waals surface area contributed by atoms with E-state index in [4.69, 9.17) is 0 Å². The summed E-state index contributed by atoms with van der Waals surface area (Å²) < 4.78 is 29.8. The van der Waals surface area contributed by atoms with Gasteiger partial charge < -0.3 is 10.2 Å². The summed E-state index contributed by atoms with van der Waals surface area (Å²) in [5.41, 5.74) is 2.41. The first-order valence-electron chi connectivity index (χ1n) is 12.1. The monoisotopic (exact) mass is 505 g/mol. The Hall–Kier alpha value is -3.49. The third-order valence-corrected chi connectivity index (χ3v) is 8.00. The molecule has 2 N–H and O–H groups in total. The molecule has 3 atom stereocenters. The topological polar surface area (TPSA) is 95.6 Å². The van der Waals surface area contributed by atoms with E-state index < -0.39 is 28.1 Å². The zero-order valence-corrected chi connectivity index (χ0v) is 21.0. The molecule has 0 spiro atoms. The van der Waals surface area contributed by atoms with Crippen LogP contribution in [0.25, 0.3) is 0 Å². The summed E-state index contributed by atoms with van der Waals surface area (Å²) in [5.74, 6) is -0.300. The Labute approximate surface area is 212 Å². The number of nitrogens with one attached hydrogen (secondary N) is 2. The molecule has 7 nitrogen and oxygen atoms in total. The average Bonchev–Trinajstić information content (AvgIpc) is 2.91. The van der Waals surface area contributed by atoms with E-state index in [1.807, 2.05) is 67.6 Å². The second kappa shape index (κ2) is 11.5. The van der Waals surface area contributed by atoms with Gasteiger partial charge in [-0.05, 0) is 49.4 Å². The number of carbonyl (C=O) groups is 2. The van der Waals surface area contributed by atoms with Crippen molar-refractivity contribution < 1.29 is 18.0 Å². The minimum Gasteiger partial charge on any atom is -0.346 e. The zero-order chi connectivity index (χ0) is 25.5. The fraction of sp³-hybridized carbons (Fsp3) is 0.286. The van der Waals surface area contributed by atoms with Gasteiger partial charge in [0, 0.05) is 6.54 Å². The number of aryl methyl sites for hydroxylation is 1. The van der Waals surface area contributed by atoms with Crippen molar-refractivity contribution in [3.63, 3.8) is 0 Å². The van der Waals surface area contributed by atoms with Crippen LogP contribution in [0.3, 0.4) is 0 Å². The maximum Gasteiger partial charge on any atom is 0.243 e. The molecule has 1 fully saturated rings. The summed E-state index contributed by atoms with van der Waals surface area (Å²) in [5, 5.41) is 3.08. The first-order chi connectivity index (χ1) is 17.4. The van der Waals surface area contributed by atoms with E-state index in [0.29, 0.717) is 18.5 Å². The van der Waals surface area contributed by atoms with Crippen molar-refractivity contribution in [3.05, 3.63) is 102 Å². The van der Waals surface area contributed by atoms with Gasteiger partial charge in [0.2, 0.25) is 22.3 Å². The molecule has 1 aliphatic rings. The van der Waals surface area contributed by atoms with Crippen LogP contribution in [0.15, 0.2) is 89.8 Å². The Morgan fingerprint density at radius 1 is 0.889 bits per heavy atom. The summed E-state index contributed by atoms with van der Waals surface area (Å²) in [7, 11) is -3.92. The van der Waals surface area contributed by atoms with E-state index in [9.17, 15) is 18.0 Å². The van der Waals surface area contributed by atoms with Crippen LogP contribution in [-0.4, -0.2) is 38.2 Å². The van der Waals surface area contributed by atoms with Gasteiger partial charge in [0.15, 0.2) is 0 Å². The molecule has 3 aromatic carbocycles. The van der Waals surface area contributed by atoms with Gasteiger partial charge in [0.25, 0.3) is 0 Å². The molecule has 4 rings (SSSR count). The van der Waals surface area contributed by atoms with Crippen molar-refractivity contribution >= 4 is 22.3 Å². The van der Waals surface area contributed by atoms with Crippen LogP contribution in [0.5, 0.6) is 0 Å². The molecule has 0 unspecified atom stereocenters. The van der Waals surface area contributed by atoms with Gasteiger partial charge >= 0.3 is 0 Å². The molecule has 0 radical (unpaired) electrons. The summed E-state index contributed by atoms with van der Waals surface area (Å²) >= 11 is 0. The highest BCUT2D eigenvalue weighted by atomic mass is 32.2. The van der Waals surface area contributed by atoms with Gasteiger partial charge in [-0.2, -0.15) is 0 Å². The molecular formula is C28H31N3O4S. The van der Waals surface area contributed by atoms with E-state index >= 15 is 0 Å². The minimum absolute atomic E-state index is 0.145. The number of hydrogen-bond donors (Lipinski definition) is 2. The molecule has 0 aliphatic carbocycles. The highest BCUT2D eigenvalue weighted by Crippen LogP contribution is 2.31. The van der Waals surface area contributed by atoms with Crippen molar-refractivity contribution in [1.29, 1.82) is 0 Å². The predicted octanol–water partition coefficient (Wildman–Crippen LogP) is 3.88. The number of nitrogens with zero attached hydrogens (tertiary/aromatic N) is 1. The normalized spacial score (nSPS) is 17.7. The van der Waals surface area contributed by atoms with Crippen LogP contribution >= 0.6 is 0 Å². The maximum absolute atomic E-state index is 13.5. The molecule has 3 aromatic rings. The Morgan fingerprint density at radius 3 is 2.06 bits per heavy atom. The van der Waals surface area contributed by atoms with Crippen LogP contribution in [0, 0.1) is 6.92 Å². The van der Waals surface area contributed by atoms with Crippen LogP contribution in [-0.2, 0) is 19.6 Å². The quantitative estimate of drug-likeness (QED) is 0.432. The highest BCUT2D eigenvalue weighted by Gasteiger charge is 2.34. The Morgan fingerprint density at radius 2 is 1.47 bits per heavy atom. The van der Waals surface area contributed by atoms with Crippen molar-refractivity contribution in [2.75, 3.05) is 6.54 Å². The first kappa shape index (κ1) is 25.6. The number of benzene rings is 3. The third kappa shape index (κ3) is 6.01. The third-order valence-electron chi connectivity index (χ3n) is 6.54. The van der Waals surface area contributed by atoms with Crippen molar-refractivity contribution in [3.8, 4) is 0 Å². The van der Waals surface area contributed by atoms with E-state index in [1.54, 1.807) is 24.3 Å². The lowest BCUT2D eigenvalue weighted by molar-refractivity contribution is -0.135. The zero-order valence-electron chi connectivity index (χ0n) is 20.2. The van der Waals surface area contributed by atoms with Gasteiger partial charge in [0.05, 0.1) is 17.0 Å². The maximum atomic E-state index is 13.5. The number of sulfonamides is 1. The molecule has 8 heteroatoms. The Balaban J connectivity index is 1.73. The van der Waals surface area contributed by atoms with E-state index in [2.05, 4.69) is 10.0 Å². The summed E-state index contributed by atoms with van der Waals surface area (Å²) in [6.07, 6.45) is 2.99. The standard InChI is InChI=1S/C28H31N3O4S/c1-21-15-17-24(18-16-21)36(34,35)30-27(23-12-6-3-7-13-23)26(22-10-4-2-5-11-22)29-28(33)25-14-8-9-19-31(25)20-32/h2-7,10-13,15-18,20,25-27,30H,8-9,14,19H2,1H3,(H,29,33)/t25-,26-,27-/m0/s1. The summed E-state index contributed by atoms with van der Waals surface area (Å²) in [6.45, 7) is 2.42. The minimum atomic E-state index is -3.92. The van der Waals surface area contributed by atoms with Crippen molar-refractivity contribution in [1.82, 2.24) is 14.9 Å². The molecule has 1 heterocycles. The molecule has 188 valence electrons. The molecule has 0 bridgehead atoms. The molecule has 36 heavy (non-hydrogen) atoms. The van der Waals surface area contributed by atoms with Gasteiger partial charge in [-0.1, -0.05) is 78.4 Å². The van der Waals surface area contributed by atoms with Gasteiger partial charge in [-0.15, -0.1) is 0 Å². The molecule has 2 amide bonds. The number of hydrogen-bond acceptors (Lipinski definition) is 4. The number of rotatable bonds is 9. The number of piperidine rings is 1. The lowest BCUT2D eigenvalue weighted by Gasteiger charge is -2.35. The number of likely N-dealkylation sites (tertiary alicyclic amines) is 1. The van der Waals surface area contributed by atoms with Crippen LogP contribution in [0.2, 0.25) is 0 Å². The Bertz CT molecular complexity index is 1270. The number of carbonyl (C=O) groups excluding carboxylic acids is 2. The number of amides is 2. The van der Waals surface area contributed by atoms with Crippen molar-refractivity contribution in [2.24, 2.45) is 0 Å². The molecule has 0 aromatic heterocycles. The highest BCUT2D eigenvalue weighted by molar-refractivity contribution is 7.89. The van der Waals surface area contributed by atoms with Gasteiger partial charge in [-0.25, -0.2) is 13.1 Å². The summed E-state index contributed by atoms with van der Waals surface area (Å²) in [4.78, 5) is 26.7. The molecule has 1 saturated heterocycles. The van der Waals surface area contributed by atoms with E-state index in [0.717, 1.165) is 30.4 Å². The average molecular weight is 506 g/mol. The van der Waals surface area contributed by atoms with E-state index in [1.165, 1.54) is 4.90 Å². The van der Waals surface area contributed by atoms with Gasteiger partial charge in [0.1, 0.15) is 6.04 Å². The lowest BCUT2D eigenvalue weighted by Crippen LogP contribution is -2.51. The summed E-state index contributed by atoms with van der Waals surface area (Å²) in [6, 6.07) is 23.0. The second-order valence-electron chi connectivity index (χ2n) is 9.07. The van der Waals surface area contributed by atoms with Crippen LogP contribution in [0.4, 0.5) is 0 Å². The fourth-order valence-electron chi connectivity index (χ4n) is 4.57. The van der Waals surface area contributed by atoms with Crippen LogP contribution in [0.1, 0.15) is 48.0 Å². The molecular weight excluding hydrogens is 474 g/mol. The van der Waals surface area contributed by atoms with Gasteiger partial charge in [-0.3, -0.25) is 9.59 Å². The smallest absolute Gasteiger partial charge is 0.243 e. The Kier molecular flexibility index (Phi) is 8.18. The van der Waals surface area contributed by atoms with Crippen molar-refractivity contribution in [2.45, 2.75) is 49.2 Å². The molecule has 0 saturated carbocycles. The first-order valence-corrected chi connectivity index (χ1v) is 13.6. The SMILES string of the molecule is Cc1ccc(S(=O)(=O)N[C@@H](c2ccccc2)[C@@H](NC(=O)[C@@H]2CCCCN2C=O)c2ccccc2)cc1. The van der Waals surface area contributed by atoms with E-state index in [-0.39, 0.29) is 10.8 Å².